The van der Waals surface area contributed by atoms with E-state index in [2.05, 4.69) is 28.6 Å². The Kier molecular flexibility index (Phi) is 5.51. The topological polar surface area (TPSA) is 72.7 Å². The second-order valence-corrected chi connectivity index (χ2v) is 6.87. The molecule has 2 rings (SSSR count). The molecule has 2 heterocycles. The lowest BCUT2D eigenvalue weighted by Crippen LogP contribution is -2.17. The highest BCUT2D eigenvalue weighted by molar-refractivity contribution is 7.99. The molecular weight excluding hydrogens is 312 g/mol. The van der Waals surface area contributed by atoms with Gasteiger partial charge in [0.15, 0.2) is 10.9 Å². The fourth-order valence-electron chi connectivity index (χ4n) is 2.90. The van der Waals surface area contributed by atoms with Gasteiger partial charge in [-0.05, 0) is 40.2 Å². The van der Waals surface area contributed by atoms with Gasteiger partial charge in [0.1, 0.15) is 0 Å². The number of carbonyl (C=O) groups is 1. The number of nitrogens with one attached hydrogen (secondary N) is 1. The highest BCUT2D eigenvalue weighted by atomic mass is 32.2. The summed E-state index contributed by atoms with van der Waals surface area (Å²) in [5.41, 5.74) is 2.62. The molecular formula is C16H24N4O2S. The van der Waals surface area contributed by atoms with Crippen LogP contribution in [0.1, 0.15) is 55.0 Å². The van der Waals surface area contributed by atoms with Gasteiger partial charge < -0.3 is 4.57 Å². The molecule has 0 saturated carbocycles. The SMILES string of the molecule is CCCn1c(SCC(=O)c2cc(C)n(C(C)C)c2C)n[nH]c1=O. The lowest BCUT2D eigenvalue weighted by Gasteiger charge is -2.13. The van der Waals surface area contributed by atoms with E-state index in [1.165, 1.54) is 11.8 Å². The number of thioether (sulfide) groups is 1. The highest BCUT2D eigenvalue weighted by Gasteiger charge is 2.18. The predicted molar refractivity (Wildman–Crippen MR) is 92.5 cm³/mol. The zero-order valence-electron chi connectivity index (χ0n) is 14.3. The zero-order valence-corrected chi connectivity index (χ0v) is 15.2. The number of rotatable bonds is 7. The molecule has 0 radical (unpaired) electrons. The largest absolute Gasteiger partial charge is 0.346 e. The first-order chi connectivity index (χ1) is 10.9. The Labute approximate surface area is 140 Å². The van der Waals surface area contributed by atoms with Gasteiger partial charge in [-0.25, -0.2) is 9.89 Å². The molecule has 0 bridgehead atoms. The van der Waals surface area contributed by atoms with E-state index in [0.29, 0.717) is 17.7 Å². The summed E-state index contributed by atoms with van der Waals surface area (Å²) >= 11 is 1.30. The molecule has 0 amide bonds. The van der Waals surface area contributed by atoms with Crippen molar-refractivity contribution in [1.82, 2.24) is 19.3 Å². The van der Waals surface area contributed by atoms with Gasteiger partial charge in [-0.2, -0.15) is 0 Å². The molecule has 0 atom stereocenters. The van der Waals surface area contributed by atoms with Crippen LogP contribution in [0, 0.1) is 13.8 Å². The lowest BCUT2D eigenvalue weighted by atomic mass is 10.2. The average Bonchev–Trinajstić information content (AvgIpc) is 2.98. The summed E-state index contributed by atoms with van der Waals surface area (Å²) in [6.07, 6.45) is 0.844. The van der Waals surface area contributed by atoms with Crippen molar-refractivity contribution in [3.63, 3.8) is 0 Å². The van der Waals surface area contributed by atoms with E-state index in [9.17, 15) is 9.59 Å². The van der Waals surface area contributed by atoms with Gasteiger partial charge in [0.25, 0.3) is 0 Å². The van der Waals surface area contributed by atoms with Crippen LogP contribution in [0.2, 0.25) is 0 Å². The Hall–Kier alpha value is -1.76. The van der Waals surface area contributed by atoms with Crippen LogP contribution >= 0.6 is 11.8 Å². The second-order valence-electron chi connectivity index (χ2n) is 5.92. The summed E-state index contributed by atoms with van der Waals surface area (Å²) in [6, 6.07) is 2.27. The second kappa shape index (κ2) is 7.21. The van der Waals surface area contributed by atoms with Crippen LogP contribution in [0.3, 0.4) is 0 Å². The van der Waals surface area contributed by atoms with Crippen LogP contribution in [0.15, 0.2) is 16.0 Å². The summed E-state index contributed by atoms with van der Waals surface area (Å²) in [7, 11) is 0. The van der Waals surface area contributed by atoms with Crippen LogP contribution in [-0.4, -0.2) is 30.9 Å². The Bertz CT molecular complexity index is 755. The van der Waals surface area contributed by atoms with Crippen molar-refractivity contribution in [2.45, 2.75) is 58.8 Å². The van der Waals surface area contributed by atoms with Crippen LogP contribution in [0.4, 0.5) is 0 Å². The van der Waals surface area contributed by atoms with Crippen LogP contribution < -0.4 is 5.69 Å². The van der Waals surface area contributed by atoms with E-state index in [4.69, 9.17) is 0 Å². The van der Waals surface area contributed by atoms with Gasteiger partial charge in [-0.3, -0.25) is 9.36 Å². The number of ketones is 1. The molecule has 2 aromatic rings. The molecule has 2 aromatic heterocycles. The van der Waals surface area contributed by atoms with E-state index in [0.717, 1.165) is 23.4 Å². The van der Waals surface area contributed by atoms with Crippen molar-refractivity contribution in [2.75, 3.05) is 5.75 Å². The maximum Gasteiger partial charge on any atom is 0.343 e. The van der Waals surface area contributed by atoms with Gasteiger partial charge in [0.2, 0.25) is 0 Å². The summed E-state index contributed by atoms with van der Waals surface area (Å²) in [4.78, 5) is 24.2. The van der Waals surface area contributed by atoms with E-state index in [-0.39, 0.29) is 17.2 Å². The number of nitrogens with zero attached hydrogens (tertiary/aromatic N) is 3. The molecule has 1 N–H and O–H groups in total. The van der Waals surface area contributed by atoms with Gasteiger partial charge in [-0.1, -0.05) is 18.7 Å². The van der Waals surface area contributed by atoms with Crippen molar-refractivity contribution < 1.29 is 4.79 Å². The first-order valence-electron chi connectivity index (χ1n) is 7.86. The molecule has 0 spiro atoms. The fraction of sp³-hybridized carbons (Fsp3) is 0.562. The zero-order chi connectivity index (χ0) is 17.1. The fourth-order valence-corrected chi connectivity index (χ4v) is 3.75. The molecule has 0 unspecified atom stereocenters. The Morgan fingerprint density at radius 1 is 1.39 bits per heavy atom. The lowest BCUT2D eigenvalue weighted by molar-refractivity contribution is 0.102. The van der Waals surface area contributed by atoms with E-state index >= 15 is 0 Å². The minimum Gasteiger partial charge on any atom is -0.346 e. The minimum absolute atomic E-state index is 0.0634. The summed E-state index contributed by atoms with van der Waals surface area (Å²) in [5, 5.41) is 7.02. The predicted octanol–water partition coefficient (Wildman–Crippen LogP) is 2.96. The Morgan fingerprint density at radius 3 is 2.65 bits per heavy atom. The van der Waals surface area contributed by atoms with Gasteiger partial charge in [-0.15, -0.1) is 5.10 Å². The van der Waals surface area contributed by atoms with Gasteiger partial charge in [0.05, 0.1) is 5.75 Å². The highest BCUT2D eigenvalue weighted by Crippen LogP contribution is 2.23. The monoisotopic (exact) mass is 336 g/mol. The maximum atomic E-state index is 12.5. The number of hydrogen-bond acceptors (Lipinski definition) is 4. The minimum atomic E-state index is -0.222. The van der Waals surface area contributed by atoms with Crippen molar-refractivity contribution in [1.29, 1.82) is 0 Å². The van der Waals surface area contributed by atoms with Crippen molar-refractivity contribution in [3.8, 4) is 0 Å². The average molecular weight is 336 g/mol. The number of H-pyrrole nitrogens is 1. The van der Waals surface area contributed by atoms with Crippen molar-refractivity contribution in [3.05, 3.63) is 33.5 Å². The van der Waals surface area contributed by atoms with E-state index in [1.54, 1.807) is 4.57 Å². The number of Topliss-reactive ketones (excluding diaryl/α,β-unsaturated/α-hetero) is 1. The molecule has 0 aromatic carbocycles. The Morgan fingerprint density at radius 2 is 2.09 bits per heavy atom. The molecule has 126 valence electrons. The number of aromatic nitrogens is 4. The molecule has 0 saturated heterocycles. The summed E-state index contributed by atoms with van der Waals surface area (Å²) in [5.74, 6) is 0.338. The Balaban J connectivity index is 2.15. The van der Waals surface area contributed by atoms with Gasteiger partial charge in [0, 0.05) is 29.5 Å². The third kappa shape index (κ3) is 3.60. The summed E-state index contributed by atoms with van der Waals surface area (Å²) in [6.45, 7) is 10.8. The molecule has 7 heteroatoms. The molecule has 0 aliphatic heterocycles. The van der Waals surface area contributed by atoms with Crippen molar-refractivity contribution >= 4 is 17.5 Å². The quantitative estimate of drug-likeness (QED) is 0.623. The third-order valence-electron chi connectivity index (χ3n) is 3.80. The smallest absolute Gasteiger partial charge is 0.343 e. The van der Waals surface area contributed by atoms with Crippen molar-refractivity contribution in [2.24, 2.45) is 0 Å². The molecule has 0 aliphatic carbocycles. The number of carbonyl (C=O) groups excluding carboxylic acids is 1. The first kappa shape index (κ1) is 17.6. The van der Waals surface area contributed by atoms with Crippen LogP contribution in [0.25, 0.3) is 0 Å². The number of aryl methyl sites for hydroxylation is 1. The first-order valence-corrected chi connectivity index (χ1v) is 8.85. The molecule has 0 aliphatic rings. The number of hydrogen-bond donors (Lipinski definition) is 1. The van der Waals surface area contributed by atoms with Crippen LogP contribution in [0.5, 0.6) is 0 Å². The normalized spacial score (nSPS) is 11.4. The summed E-state index contributed by atoms with van der Waals surface area (Å²) < 4.78 is 3.74. The maximum absolute atomic E-state index is 12.5. The van der Waals surface area contributed by atoms with Crippen LogP contribution in [-0.2, 0) is 6.54 Å². The van der Waals surface area contributed by atoms with E-state index in [1.807, 2.05) is 26.8 Å². The molecule has 0 fully saturated rings. The molecule has 6 nitrogen and oxygen atoms in total. The third-order valence-corrected chi connectivity index (χ3v) is 4.78. The van der Waals surface area contributed by atoms with E-state index < -0.39 is 0 Å². The molecule has 23 heavy (non-hydrogen) atoms. The number of aromatic amines is 1. The standard InChI is InChI=1S/C16H24N4O2S/c1-6-7-19-15(22)17-18-16(19)23-9-14(21)13-8-11(4)20(10(2)3)12(13)5/h8,10H,6-7,9H2,1-5H3,(H,17,22). The van der Waals surface area contributed by atoms with Gasteiger partial charge >= 0.3 is 5.69 Å².